The number of amides is 3. The number of likely N-dealkylation sites (tertiary alicyclic amines) is 1. The molecule has 0 aromatic heterocycles. The molecule has 2 aliphatic rings. The van der Waals surface area contributed by atoms with E-state index in [2.05, 4.69) is 27.3 Å². The molecule has 0 saturated carbocycles. The maximum atomic E-state index is 11.8. The van der Waals surface area contributed by atoms with Gasteiger partial charge in [0.1, 0.15) is 0 Å². The molecule has 2 heterocycles. The Balaban J connectivity index is 1.71. The molecule has 1 unspecified atom stereocenters. The zero-order chi connectivity index (χ0) is 13.2. The number of rotatable bonds is 2. The van der Waals surface area contributed by atoms with E-state index in [-0.39, 0.29) is 11.8 Å². The van der Waals surface area contributed by atoms with E-state index in [4.69, 9.17) is 0 Å². The van der Waals surface area contributed by atoms with Gasteiger partial charge in [0.15, 0.2) is 0 Å². The molecule has 1 saturated heterocycles. The topological polar surface area (TPSA) is 61.8 Å². The van der Waals surface area contributed by atoms with Gasteiger partial charge in [-0.2, -0.15) is 0 Å². The minimum absolute atomic E-state index is 0.215. The van der Waals surface area contributed by atoms with Crippen molar-refractivity contribution in [3.05, 3.63) is 35.9 Å². The first-order valence-corrected chi connectivity index (χ1v) is 6.41. The number of hydrogen-bond donors (Lipinski definition) is 1. The molecule has 3 rings (SSSR count). The molecule has 1 N–H and O–H groups in total. The van der Waals surface area contributed by atoms with E-state index < -0.39 is 6.03 Å². The first-order valence-electron chi connectivity index (χ1n) is 6.41. The van der Waals surface area contributed by atoms with Gasteiger partial charge < -0.3 is 0 Å². The molecule has 98 valence electrons. The van der Waals surface area contributed by atoms with Gasteiger partial charge in [-0.25, -0.2) is 9.79 Å². The second kappa shape index (κ2) is 4.93. The van der Waals surface area contributed by atoms with Crippen molar-refractivity contribution in [3.8, 4) is 0 Å². The molecule has 0 aliphatic carbocycles. The molecule has 0 radical (unpaired) electrons. The normalized spacial score (nSPS) is 23.6. The molecule has 3 amide bonds. The predicted octanol–water partition coefficient (Wildman–Crippen LogP) is 1.20. The van der Waals surface area contributed by atoms with E-state index >= 15 is 0 Å². The smallest absolute Gasteiger partial charge is 0.298 e. The monoisotopic (exact) mass is 257 g/mol. The van der Waals surface area contributed by atoms with Crippen LogP contribution in [0.1, 0.15) is 12.0 Å². The number of nitrogens with one attached hydrogen (secondary N) is 1. The number of piperidine rings is 1. The van der Waals surface area contributed by atoms with Crippen molar-refractivity contribution in [1.29, 1.82) is 0 Å². The Kier molecular flexibility index (Phi) is 3.13. The van der Waals surface area contributed by atoms with Crippen LogP contribution in [0, 0.1) is 5.92 Å². The van der Waals surface area contributed by atoms with E-state index in [0.717, 1.165) is 18.8 Å². The SMILES string of the molecule is O=C1N=C2CCN(Cc3ccccc3)CC2C(=O)N1. The molecule has 1 atom stereocenters. The van der Waals surface area contributed by atoms with Crippen molar-refractivity contribution in [2.24, 2.45) is 10.9 Å². The van der Waals surface area contributed by atoms with Gasteiger partial charge >= 0.3 is 6.03 Å². The Morgan fingerprint density at radius 3 is 2.84 bits per heavy atom. The number of urea groups is 1. The second-order valence-electron chi connectivity index (χ2n) is 4.92. The fraction of sp³-hybridized carbons (Fsp3) is 0.357. The summed E-state index contributed by atoms with van der Waals surface area (Å²) in [5.74, 6) is -0.483. The largest absolute Gasteiger partial charge is 0.347 e. The third-order valence-corrected chi connectivity index (χ3v) is 3.57. The van der Waals surface area contributed by atoms with E-state index in [1.54, 1.807) is 0 Å². The minimum atomic E-state index is -0.521. The summed E-state index contributed by atoms with van der Waals surface area (Å²) in [6, 6.07) is 9.65. The average molecular weight is 257 g/mol. The van der Waals surface area contributed by atoms with E-state index in [0.29, 0.717) is 13.0 Å². The van der Waals surface area contributed by atoms with Gasteiger partial charge in [-0.05, 0) is 12.0 Å². The van der Waals surface area contributed by atoms with Crippen LogP contribution in [0.2, 0.25) is 0 Å². The summed E-state index contributed by atoms with van der Waals surface area (Å²) in [7, 11) is 0. The van der Waals surface area contributed by atoms with Crippen LogP contribution in [0.25, 0.3) is 0 Å². The van der Waals surface area contributed by atoms with Crippen molar-refractivity contribution in [2.75, 3.05) is 13.1 Å². The van der Waals surface area contributed by atoms with E-state index in [1.165, 1.54) is 5.56 Å². The molecule has 0 bridgehead atoms. The molecular formula is C14H15N3O2. The summed E-state index contributed by atoms with van der Waals surface area (Å²) >= 11 is 0. The highest BCUT2D eigenvalue weighted by molar-refractivity contribution is 6.16. The third-order valence-electron chi connectivity index (χ3n) is 3.57. The lowest BCUT2D eigenvalue weighted by atomic mass is 9.93. The van der Waals surface area contributed by atoms with Crippen molar-refractivity contribution in [1.82, 2.24) is 10.2 Å². The number of carbonyl (C=O) groups is 2. The third kappa shape index (κ3) is 2.56. The quantitative estimate of drug-likeness (QED) is 0.866. The predicted molar refractivity (Wildman–Crippen MR) is 70.8 cm³/mol. The Morgan fingerprint density at radius 2 is 2.05 bits per heavy atom. The molecule has 19 heavy (non-hydrogen) atoms. The molecule has 1 aromatic rings. The first-order chi connectivity index (χ1) is 9.22. The molecule has 1 fully saturated rings. The second-order valence-corrected chi connectivity index (χ2v) is 4.92. The summed E-state index contributed by atoms with van der Waals surface area (Å²) in [4.78, 5) is 29.1. The van der Waals surface area contributed by atoms with E-state index in [9.17, 15) is 9.59 Å². The van der Waals surface area contributed by atoms with Gasteiger partial charge in [0.25, 0.3) is 0 Å². The fourth-order valence-corrected chi connectivity index (χ4v) is 2.61. The first kappa shape index (κ1) is 12.0. The standard InChI is InChI=1S/C14H15N3O2/c18-13-11-9-17(8-10-4-2-1-3-5-10)7-6-12(11)15-14(19)16-13/h1-5,11H,6-9H2,(H,16,18,19). The van der Waals surface area contributed by atoms with Gasteiger partial charge in [-0.3, -0.25) is 15.0 Å². The van der Waals surface area contributed by atoms with Gasteiger partial charge in [-0.1, -0.05) is 30.3 Å². The Morgan fingerprint density at radius 1 is 1.26 bits per heavy atom. The number of carbonyl (C=O) groups excluding carboxylic acids is 2. The molecule has 2 aliphatic heterocycles. The molecule has 5 heteroatoms. The number of imide groups is 1. The maximum absolute atomic E-state index is 11.8. The van der Waals surface area contributed by atoms with Gasteiger partial charge in [-0.15, -0.1) is 0 Å². The van der Waals surface area contributed by atoms with Crippen LogP contribution in [-0.2, 0) is 11.3 Å². The van der Waals surface area contributed by atoms with Gasteiger partial charge in [0.05, 0.1) is 5.92 Å². The van der Waals surface area contributed by atoms with Crippen molar-refractivity contribution >= 4 is 17.6 Å². The van der Waals surface area contributed by atoms with Gasteiger partial charge in [0.2, 0.25) is 5.91 Å². The molecule has 0 spiro atoms. The van der Waals surface area contributed by atoms with Crippen molar-refractivity contribution in [2.45, 2.75) is 13.0 Å². The number of hydrogen-bond acceptors (Lipinski definition) is 3. The van der Waals surface area contributed by atoms with Crippen LogP contribution >= 0.6 is 0 Å². The highest BCUT2D eigenvalue weighted by atomic mass is 16.2. The molecule has 1 aromatic carbocycles. The van der Waals surface area contributed by atoms with Crippen LogP contribution in [-0.4, -0.2) is 35.6 Å². The summed E-state index contributed by atoms with van der Waals surface area (Å²) in [5.41, 5.74) is 1.97. The van der Waals surface area contributed by atoms with Crippen LogP contribution in [0.4, 0.5) is 4.79 Å². The van der Waals surface area contributed by atoms with Crippen LogP contribution in [0.15, 0.2) is 35.3 Å². The van der Waals surface area contributed by atoms with Crippen LogP contribution in [0.3, 0.4) is 0 Å². The summed E-state index contributed by atoms with van der Waals surface area (Å²) < 4.78 is 0. The Labute approximate surface area is 111 Å². The summed E-state index contributed by atoms with van der Waals surface area (Å²) in [6.07, 6.45) is 0.691. The zero-order valence-corrected chi connectivity index (χ0v) is 10.5. The summed E-state index contributed by atoms with van der Waals surface area (Å²) in [6.45, 7) is 2.30. The average Bonchev–Trinajstić information content (AvgIpc) is 2.40. The lowest BCUT2D eigenvalue weighted by molar-refractivity contribution is -0.123. The van der Waals surface area contributed by atoms with Crippen LogP contribution < -0.4 is 5.32 Å². The minimum Gasteiger partial charge on any atom is -0.298 e. The van der Waals surface area contributed by atoms with E-state index in [1.807, 2.05) is 18.2 Å². The highest BCUT2D eigenvalue weighted by Crippen LogP contribution is 2.19. The number of nitrogens with zero attached hydrogens (tertiary/aromatic N) is 2. The summed E-state index contributed by atoms with van der Waals surface area (Å²) in [5, 5.41) is 2.27. The Bertz CT molecular complexity index is 539. The van der Waals surface area contributed by atoms with Crippen LogP contribution in [0.5, 0.6) is 0 Å². The number of aliphatic imine (C=N–C) groups is 1. The lowest BCUT2D eigenvalue weighted by Crippen LogP contribution is -2.51. The maximum Gasteiger partial charge on any atom is 0.347 e. The zero-order valence-electron chi connectivity index (χ0n) is 10.5. The Hall–Kier alpha value is -2.01. The molecule has 5 nitrogen and oxygen atoms in total. The molecular weight excluding hydrogens is 242 g/mol. The fourth-order valence-electron chi connectivity index (χ4n) is 2.61. The van der Waals surface area contributed by atoms with Crippen molar-refractivity contribution < 1.29 is 9.59 Å². The van der Waals surface area contributed by atoms with Crippen molar-refractivity contribution in [3.63, 3.8) is 0 Å². The number of fused-ring (bicyclic) bond motifs is 1. The number of benzene rings is 1. The lowest BCUT2D eigenvalue weighted by Gasteiger charge is -2.34. The van der Waals surface area contributed by atoms with Gasteiger partial charge in [0, 0.05) is 25.3 Å². The highest BCUT2D eigenvalue weighted by Gasteiger charge is 2.35.